The lowest BCUT2D eigenvalue weighted by Crippen LogP contribution is -2.35. The highest BCUT2D eigenvalue weighted by atomic mass is 32.2. The Morgan fingerprint density at radius 2 is 1.88 bits per heavy atom. The van der Waals surface area contributed by atoms with Crippen molar-refractivity contribution in [1.82, 2.24) is 5.01 Å². The Hall–Kier alpha value is -4.39. The number of benzene rings is 2. The van der Waals surface area contributed by atoms with Crippen LogP contribution in [0.2, 0.25) is 0 Å². The number of ether oxygens (including phenoxy) is 1. The number of hydrazone groups is 1. The molecular formula is C21H16N6O6S. The number of carbonyl (C=O) groups excluding carboxylic acids is 1. The number of hydrogen-bond acceptors (Lipinski definition) is 9. The number of nitro groups is 2. The van der Waals surface area contributed by atoms with Crippen LogP contribution in [0.15, 0.2) is 58.1 Å². The molecule has 0 saturated carbocycles. The molecule has 0 radical (unpaired) electrons. The third-order valence-electron chi connectivity index (χ3n) is 4.73. The van der Waals surface area contributed by atoms with Crippen LogP contribution in [0.4, 0.5) is 11.4 Å². The van der Waals surface area contributed by atoms with Crippen molar-refractivity contribution >= 4 is 51.2 Å². The van der Waals surface area contributed by atoms with Gasteiger partial charge in [-0.15, -0.1) is 0 Å². The summed E-state index contributed by atoms with van der Waals surface area (Å²) >= 11 is 1.28. The molecule has 0 unspecified atom stereocenters. The van der Waals surface area contributed by atoms with E-state index in [-0.39, 0.29) is 22.9 Å². The van der Waals surface area contributed by atoms with Crippen molar-refractivity contribution in [3.63, 3.8) is 0 Å². The van der Waals surface area contributed by atoms with Crippen molar-refractivity contribution < 1.29 is 19.4 Å². The first-order valence-electron chi connectivity index (χ1n) is 9.96. The Morgan fingerprint density at radius 3 is 2.53 bits per heavy atom. The Kier molecular flexibility index (Phi) is 6.19. The summed E-state index contributed by atoms with van der Waals surface area (Å²) in [4.78, 5) is 37.2. The molecule has 12 nitrogen and oxygen atoms in total. The van der Waals surface area contributed by atoms with Crippen LogP contribution < -0.4 is 4.74 Å². The molecule has 4 rings (SSSR count). The molecule has 2 aromatic rings. The fourth-order valence-electron chi connectivity index (χ4n) is 3.12. The standard InChI is InChI=1S/C21H16N6O6S/c1-2-3-18-24-25-19(22)15(20(28)23-21(25)34-18)10-12-4-7-14(8-5-12)33-17-9-6-13(26(29)30)11-16(17)27(31)32/h4-11,22H,2-3H2,1H3/b15-10-,22-19?. The third-order valence-corrected chi connectivity index (χ3v) is 5.70. The summed E-state index contributed by atoms with van der Waals surface area (Å²) in [5.41, 5.74) is -0.316. The van der Waals surface area contributed by atoms with Gasteiger partial charge in [-0.2, -0.15) is 15.1 Å². The number of rotatable bonds is 7. The molecule has 34 heavy (non-hydrogen) atoms. The van der Waals surface area contributed by atoms with E-state index in [0.29, 0.717) is 10.7 Å². The monoisotopic (exact) mass is 480 g/mol. The maximum atomic E-state index is 12.5. The van der Waals surface area contributed by atoms with Crippen molar-refractivity contribution in [2.75, 3.05) is 0 Å². The van der Waals surface area contributed by atoms with Crippen LogP contribution in [-0.2, 0) is 4.79 Å². The summed E-state index contributed by atoms with van der Waals surface area (Å²) < 4.78 is 5.54. The Morgan fingerprint density at radius 1 is 1.15 bits per heavy atom. The molecule has 2 aromatic carbocycles. The highest BCUT2D eigenvalue weighted by Crippen LogP contribution is 2.35. The number of amidine groups is 2. The average Bonchev–Trinajstić information content (AvgIpc) is 3.20. The fourth-order valence-corrected chi connectivity index (χ4v) is 4.11. The fraction of sp³-hybridized carbons (Fsp3) is 0.143. The minimum absolute atomic E-state index is 0.0737. The van der Waals surface area contributed by atoms with Crippen LogP contribution in [0, 0.1) is 25.6 Å². The van der Waals surface area contributed by atoms with Gasteiger partial charge in [-0.1, -0.05) is 19.1 Å². The normalized spacial score (nSPS) is 16.3. The highest BCUT2D eigenvalue weighted by Gasteiger charge is 2.35. The molecule has 2 aliphatic heterocycles. The summed E-state index contributed by atoms with van der Waals surface area (Å²) in [5, 5.41) is 37.4. The minimum atomic E-state index is -0.763. The predicted octanol–water partition coefficient (Wildman–Crippen LogP) is 4.71. The zero-order valence-corrected chi connectivity index (χ0v) is 18.4. The molecule has 0 saturated heterocycles. The van der Waals surface area contributed by atoms with Crippen molar-refractivity contribution in [1.29, 1.82) is 5.41 Å². The second-order valence-corrected chi connectivity index (χ2v) is 8.14. The molecule has 172 valence electrons. The minimum Gasteiger partial charge on any atom is -0.450 e. The van der Waals surface area contributed by atoms with Crippen LogP contribution >= 0.6 is 11.8 Å². The van der Waals surface area contributed by atoms with E-state index in [1.54, 1.807) is 12.1 Å². The smallest absolute Gasteiger partial charge is 0.318 e. The molecule has 0 atom stereocenters. The van der Waals surface area contributed by atoms with Crippen LogP contribution in [0.1, 0.15) is 25.3 Å². The number of aliphatic imine (C=N–C) groups is 1. The number of nitro benzene ring substituents is 2. The lowest BCUT2D eigenvalue weighted by Gasteiger charge is -2.20. The zero-order chi connectivity index (χ0) is 24.4. The molecule has 2 heterocycles. The number of thioether (sulfide) groups is 1. The van der Waals surface area contributed by atoms with Gasteiger partial charge in [0.15, 0.2) is 5.84 Å². The number of hydrogen-bond donors (Lipinski definition) is 1. The van der Waals surface area contributed by atoms with Crippen molar-refractivity contribution in [2.45, 2.75) is 19.8 Å². The Bertz CT molecular complexity index is 1320. The number of nitrogens with one attached hydrogen (secondary N) is 1. The largest absolute Gasteiger partial charge is 0.450 e. The van der Waals surface area contributed by atoms with E-state index in [4.69, 9.17) is 10.1 Å². The van der Waals surface area contributed by atoms with Crippen LogP contribution in [0.3, 0.4) is 0 Å². The van der Waals surface area contributed by atoms with E-state index in [0.717, 1.165) is 36.1 Å². The van der Waals surface area contributed by atoms with Gasteiger partial charge in [0.25, 0.3) is 11.6 Å². The quantitative estimate of drug-likeness (QED) is 0.338. The van der Waals surface area contributed by atoms with Crippen LogP contribution in [0.5, 0.6) is 11.5 Å². The maximum Gasteiger partial charge on any atom is 0.318 e. The van der Waals surface area contributed by atoms with Crippen molar-refractivity contribution in [3.05, 3.63) is 73.8 Å². The average molecular weight is 480 g/mol. The van der Waals surface area contributed by atoms with Crippen molar-refractivity contribution in [3.8, 4) is 11.5 Å². The van der Waals surface area contributed by atoms with Gasteiger partial charge < -0.3 is 4.74 Å². The number of carbonyl (C=O) groups is 1. The van der Waals surface area contributed by atoms with Gasteiger partial charge in [0.05, 0.1) is 21.5 Å². The van der Waals surface area contributed by atoms with Crippen molar-refractivity contribution in [2.24, 2.45) is 10.1 Å². The van der Waals surface area contributed by atoms with Gasteiger partial charge >= 0.3 is 5.69 Å². The predicted molar refractivity (Wildman–Crippen MR) is 126 cm³/mol. The Balaban J connectivity index is 1.55. The first-order chi connectivity index (χ1) is 16.3. The molecule has 13 heteroatoms. The van der Waals surface area contributed by atoms with Gasteiger partial charge in [0.2, 0.25) is 10.9 Å². The first kappa shape index (κ1) is 22.8. The van der Waals surface area contributed by atoms with Gasteiger partial charge in [-0.3, -0.25) is 30.4 Å². The SMILES string of the molecule is CCCC1=NN2C(=N)/C(=C/c3ccc(Oc4ccc([N+](=O)[O-])cc4[N+](=O)[O-])cc3)C(=O)N=C2S1. The van der Waals surface area contributed by atoms with E-state index < -0.39 is 27.1 Å². The maximum absolute atomic E-state index is 12.5. The lowest BCUT2D eigenvalue weighted by atomic mass is 10.1. The number of nitrogens with zero attached hydrogens (tertiary/aromatic N) is 5. The zero-order valence-electron chi connectivity index (χ0n) is 17.6. The molecule has 1 N–H and O–H groups in total. The summed E-state index contributed by atoms with van der Waals surface area (Å²) in [6, 6.07) is 9.34. The Labute approximate surface area is 196 Å². The number of fused-ring (bicyclic) bond motifs is 1. The van der Waals surface area contributed by atoms with E-state index >= 15 is 0 Å². The van der Waals surface area contributed by atoms with Gasteiger partial charge in [-0.05, 0) is 54.4 Å². The number of non-ortho nitro benzene ring substituents is 1. The van der Waals surface area contributed by atoms with E-state index in [2.05, 4.69) is 10.1 Å². The highest BCUT2D eigenvalue weighted by molar-refractivity contribution is 8.26. The lowest BCUT2D eigenvalue weighted by molar-refractivity contribution is -0.394. The molecule has 0 aliphatic carbocycles. The third kappa shape index (κ3) is 4.54. The molecule has 0 fully saturated rings. The molecule has 2 aliphatic rings. The molecule has 1 amide bonds. The second kappa shape index (κ2) is 9.23. The molecule has 0 spiro atoms. The van der Waals surface area contributed by atoms with Crippen LogP contribution in [0.25, 0.3) is 6.08 Å². The van der Waals surface area contributed by atoms with Gasteiger partial charge in [-0.25, -0.2) is 0 Å². The molecule has 0 bridgehead atoms. The summed E-state index contributed by atoms with van der Waals surface area (Å²) in [6.07, 6.45) is 3.12. The van der Waals surface area contributed by atoms with E-state index in [1.165, 1.54) is 35.0 Å². The summed E-state index contributed by atoms with van der Waals surface area (Å²) in [7, 11) is 0. The van der Waals surface area contributed by atoms with Gasteiger partial charge in [0, 0.05) is 6.07 Å². The van der Waals surface area contributed by atoms with Gasteiger partial charge in [0.1, 0.15) is 10.8 Å². The second-order valence-electron chi connectivity index (χ2n) is 7.10. The molecular weight excluding hydrogens is 464 g/mol. The van der Waals surface area contributed by atoms with E-state index in [9.17, 15) is 25.0 Å². The van der Waals surface area contributed by atoms with Crippen LogP contribution in [-0.4, -0.2) is 36.8 Å². The van der Waals surface area contributed by atoms with E-state index in [1.807, 2.05) is 6.92 Å². The number of amides is 1. The molecule has 0 aromatic heterocycles. The topological polar surface area (TPSA) is 164 Å². The summed E-state index contributed by atoms with van der Waals surface area (Å²) in [6.45, 7) is 2.01. The summed E-state index contributed by atoms with van der Waals surface area (Å²) in [5.74, 6) is -0.525. The first-order valence-corrected chi connectivity index (χ1v) is 10.8.